The van der Waals surface area contributed by atoms with Crippen molar-refractivity contribution in [3.63, 3.8) is 0 Å². The molecule has 0 aliphatic carbocycles. The van der Waals surface area contributed by atoms with E-state index in [2.05, 4.69) is 54.4 Å². The van der Waals surface area contributed by atoms with Gasteiger partial charge >= 0.3 is 0 Å². The van der Waals surface area contributed by atoms with Gasteiger partial charge in [0.05, 0.1) is 0 Å². The Morgan fingerprint density at radius 2 is 1.84 bits per heavy atom. The van der Waals surface area contributed by atoms with Crippen molar-refractivity contribution < 1.29 is 0 Å². The summed E-state index contributed by atoms with van der Waals surface area (Å²) in [5, 5.41) is 4.32. The van der Waals surface area contributed by atoms with Gasteiger partial charge in [-0.05, 0) is 42.5 Å². The van der Waals surface area contributed by atoms with Gasteiger partial charge in [-0.3, -0.25) is 0 Å². The van der Waals surface area contributed by atoms with Crippen LogP contribution in [0.25, 0.3) is 0 Å². The van der Waals surface area contributed by atoms with Crippen molar-refractivity contribution in [2.24, 2.45) is 11.8 Å². The van der Waals surface area contributed by atoms with Crippen LogP contribution in [0.1, 0.15) is 25.8 Å². The van der Waals surface area contributed by atoms with Crippen molar-refractivity contribution in [1.82, 2.24) is 10.2 Å². The fourth-order valence-corrected chi connectivity index (χ4v) is 3.15. The molecule has 2 rings (SSSR count). The highest BCUT2D eigenvalue weighted by atomic mass is 32.1. The monoisotopic (exact) mass is 276 g/mol. The Hall–Kier alpha value is -1.09. The summed E-state index contributed by atoms with van der Waals surface area (Å²) in [7, 11) is 0. The molecule has 1 aromatic carbocycles. The Bertz CT molecular complexity index is 394. The van der Waals surface area contributed by atoms with E-state index < -0.39 is 0 Å². The molecule has 0 aromatic heterocycles. The zero-order chi connectivity index (χ0) is 13.7. The summed E-state index contributed by atoms with van der Waals surface area (Å²) in [4.78, 5) is 2.33. The first-order chi connectivity index (χ1) is 9.15. The van der Waals surface area contributed by atoms with Gasteiger partial charge in [0, 0.05) is 19.6 Å². The second-order valence-corrected chi connectivity index (χ2v) is 6.21. The number of hydrogen-bond donors (Lipinski definition) is 1. The number of benzene rings is 1. The lowest BCUT2D eigenvalue weighted by Gasteiger charge is -2.36. The van der Waals surface area contributed by atoms with Crippen LogP contribution >= 0.6 is 12.2 Å². The van der Waals surface area contributed by atoms with Gasteiger partial charge in [-0.2, -0.15) is 0 Å². The van der Waals surface area contributed by atoms with Gasteiger partial charge in [-0.25, -0.2) is 0 Å². The van der Waals surface area contributed by atoms with Crippen molar-refractivity contribution >= 4 is 17.3 Å². The van der Waals surface area contributed by atoms with Crippen molar-refractivity contribution in [3.8, 4) is 0 Å². The van der Waals surface area contributed by atoms with Crippen LogP contribution < -0.4 is 5.32 Å². The van der Waals surface area contributed by atoms with Crippen molar-refractivity contribution in [3.05, 3.63) is 35.9 Å². The van der Waals surface area contributed by atoms with E-state index >= 15 is 0 Å². The Morgan fingerprint density at radius 1 is 1.21 bits per heavy atom. The van der Waals surface area contributed by atoms with Gasteiger partial charge < -0.3 is 10.2 Å². The average Bonchev–Trinajstić information content (AvgIpc) is 2.38. The van der Waals surface area contributed by atoms with Crippen LogP contribution in [0.3, 0.4) is 0 Å². The number of thiocarbonyl (C=S) groups is 1. The SMILES string of the molecule is CC1CC(C)CN(C(=S)NCCc2ccccc2)C1. The fraction of sp³-hybridized carbons (Fsp3) is 0.562. The highest BCUT2D eigenvalue weighted by Crippen LogP contribution is 2.20. The molecule has 1 fully saturated rings. The first-order valence-corrected chi connectivity index (χ1v) is 7.62. The van der Waals surface area contributed by atoms with Crippen LogP contribution in [0.4, 0.5) is 0 Å². The van der Waals surface area contributed by atoms with Crippen LogP contribution in [0.2, 0.25) is 0 Å². The molecular formula is C16H24N2S. The first-order valence-electron chi connectivity index (χ1n) is 7.22. The van der Waals surface area contributed by atoms with E-state index in [4.69, 9.17) is 12.2 Å². The van der Waals surface area contributed by atoms with E-state index in [-0.39, 0.29) is 0 Å². The number of rotatable bonds is 3. The molecule has 1 aromatic rings. The lowest BCUT2D eigenvalue weighted by molar-refractivity contribution is 0.212. The summed E-state index contributed by atoms with van der Waals surface area (Å²) in [6, 6.07) is 10.5. The van der Waals surface area contributed by atoms with Crippen LogP contribution in [0.15, 0.2) is 30.3 Å². The summed E-state index contributed by atoms with van der Waals surface area (Å²) in [5.41, 5.74) is 1.36. The molecule has 104 valence electrons. The summed E-state index contributed by atoms with van der Waals surface area (Å²) in [6.07, 6.45) is 2.35. The van der Waals surface area contributed by atoms with E-state index in [1.54, 1.807) is 0 Å². The maximum atomic E-state index is 5.51. The van der Waals surface area contributed by atoms with Gasteiger partial charge in [0.2, 0.25) is 0 Å². The molecule has 1 aliphatic rings. The molecule has 19 heavy (non-hydrogen) atoms. The standard InChI is InChI=1S/C16H24N2S/c1-13-10-14(2)12-18(11-13)16(19)17-9-8-15-6-4-3-5-7-15/h3-7,13-14H,8-12H2,1-2H3,(H,17,19). The van der Waals surface area contributed by atoms with Crippen LogP contribution in [-0.4, -0.2) is 29.6 Å². The van der Waals surface area contributed by atoms with Crippen LogP contribution in [-0.2, 0) is 6.42 Å². The molecule has 0 saturated carbocycles. The topological polar surface area (TPSA) is 15.3 Å². The highest BCUT2D eigenvalue weighted by molar-refractivity contribution is 7.80. The highest BCUT2D eigenvalue weighted by Gasteiger charge is 2.23. The van der Waals surface area contributed by atoms with Crippen molar-refractivity contribution in [2.75, 3.05) is 19.6 Å². The predicted octanol–water partition coefficient (Wildman–Crippen LogP) is 3.08. The van der Waals surface area contributed by atoms with Gasteiger partial charge in [-0.15, -0.1) is 0 Å². The molecule has 2 atom stereocenters. The molecule has 0 radical (unpaired) electrons. The number of piperidine rings is 1. The van der Waals surface area contributed by atoms with E-state index in [1.165, 1.54) is 12.0 Å². The minimum atomic E-state index is 0.748. The summed E-state index contributed by atoms with van der Waals surface area (Å²) in [5.74, 6) is 1.50. The Labute approximate surface area is 122 Å². The Morgan fingerprint density at radius 3 is 2.47 bits per heavy atom. The lowest BCUT2D eigenvalue weighted by atomic mass is 9.92. The molecule has 0 spiro atoms. The summed E-state index contributed by atoms with van der Waals surface area (Å²) in [6.45, 7) is 7.75. The number of hydrogen-bond acceptors (Lipinski definition) is 1. The number of nitrogens with one attached hydrogen (secondary N) is 1. The second-order valence-electron chi connectivity index (χ2n) is 5.82. The van der Waals surface area contributed by atoms with Gasteiger partial charge in [0.1, 0.15) is 0 Å². The molecule has 2 nitrogen and oxygen atoms in total. The minimum absolute atomic E-state index is 0.748. The third-order valence-corrected chi connectivity index (χ3v) is 4.09. The zero-order valence-electron chi connectivity index (χ0n) is 11.9. The third kappa shape index (κ3) is 4.50. The minimum Gasteiger partial charge on any atom is -0.362 e. The molecular weight excluding hydrogens is 252 g/mol. The molecule has 2 unspecified atom stereocenters. The van der Waals surface area contributed by atoms with Crippen molar-refractivity contribution in [1.29, 1.82) is 0 Å². The fourth-order valence-electron chi connectivity index (χ4n) is 2.90. The van der Waals surface area contributed by atoms with Gasteiger partial charge in [-0.1, -0.05) is 44.2 Å². The Balaban J connectivity index is 1.75. The molecule has 0 amide bonds. The molecule has 1 aliphatic heterocycles. The second kappa shape index (κ2) is 6.90. The first kappa shape index (κ1) is 14.3. The van der Waals surface area contributed by atoms with Crippen molar-refractivity contribution in [2.45, 2.75) is 26.7 Å². The predicted molar refractivity (Wildman–Crippen MR) is 85.3 cm³/mol. The maximum absolute atomic E-state index is 5.51. The number of nitrogens with zero attached hydrogens (tertiary/aromatic N) is 1. The molecule has 1 heterocycles. The number of likely N-dealkylation sites (tertiary alicyclic amines) is 1. The lowest BCUT2D eigenvalue weighted by Crippen LogP contribution is -2.47. The zero-order valence-corrected chi connectivity index (χ0v) is 12.7. The third-order valence-electron chi connectivity index (χ3n) is 3.69. The summed E-state index contributed by atoms with van der Waals surface area (Å²) < 4.78 is 0. The van der Waals surface area contributed by atoms with E-state index in [1.807, 2.05) is 0 Å². The molecule has 0 bridgehead atoms. The molecule has 3 heteroatoms. The smallest absolute Gasteiger partial charge is 0.168 e. The maximum Gasteiger partial charge on any atom is 0.168 e. The van der Waals surface area contributed by atoms with Gasteiger partial charge in [0.15, 0.2) is 5.11 Å². The molecule has 1 saturated heterocycles. The molecule has 1 N–H and O–H groups in total. The van der Waals surface area contributed by atoms with E-state index in [9.17, 15) is 0 Å². The summed E-state index contributed by atoms with van der Waals surface area (Å²) >= 11 is 5.51. The van der Waals surface area contributed by atoms with Crippen LogP contribution in [0, 0.1) is 11.8 Å². The van der Waals surface area contributed by atoms with Crippen LogP contribution in [0.5, 0.6) is 0 Å². The quantitative estimate of drug-likeness (QED) is 0.854. The normalized spacial score (nSPS) is 23.2. The van der Waals surface area contributed by atoms with E-state index in [0.29, 0.717) is 0 Å². The Kier molecular flexibility index (Phi) is 5.20. The largest absolute Gasteiger partial charge is 0.362 e. The van der Waals surface area contributed by atoms with E-state index in [0.717, 1.165) is 43.0 Å². The van der Waals surface area contributed by atoms with Gasteiger partial charge in [0.25, 0.3) is 0 Å². The average molecular weight is 276 g/mol.